The number of ether oxygens (including phenoxy) is 1. The number of hydrogen-bond acceptors (Lipinski definition) is 2. The van der Waals surface area contributed by atoms with E-state index >= 15 is 0 Å². The van der Waals surface area contributed by atoms with Gasteiger partial charge < -0.3 is 10.5 Å². The standard InChI is InChI=1S/C14H19NO.C2H2/c15-8-7-11-4-3-10-5-6-13-12(14(10)11)2-1-9-16-13;1-2/h5-6,11H,1-4,7-9,15H2;1-2H/t11-;/m0./s1. The number of terminal acetylenes is 1. The van der Waals surface area contributed by atoms with E-state index in [0.29, 0.717) is 5.92 Å². The van der Waals surface area contributed by atoms with Crippen molar-refractivity contribution in [3.8, 4) is 18.6 Å². The first-order valence-corrected chi connectivity index (χ1v) is 6.71. The normalized spacial score (nSPS) is 20.1. The Morgan fingerprint density at radius 1 is 1.28 bits per heavy atom. The summed E-state index contributed by atoms with van der Waals surface area (Å²) in [5.74, 6) is 1.82. The van der Waals surface area contributed by atoms with Gasteiger partial charge in [0.05, 0.1) is 6.61 Å². The van der Waals surface area contributed by atoms with Gasteiger partial charge in [-0.05, 0) is 67.3 Å². The Labute approximate surface area is 110 Å². The summed E-state index contributed by atoms with van der Waals surface area (Å²) in [6, 6.07) is 4.42. The summed E-state index contributed by atoms with van der Waals surface area (Å²) < 4.78 is 5.74. The van der Waals surface area contributed by atoms with E-state index < -0.39 is 0 Å². The van der Waals surface area contributed by atoms with Crippen molar-refractivity contribution in [2.24, 2.45) is 5.73 Å². The van der Waals surface area contributed by atoms with Crippen LogP contribution < -0.4 is 10.5 Å². The SMILES string of the molecule is C#C.NCC[C@@H]1CCc2ccc3c(c21)CCCO3. The lowest BCUT2D eigenvalue weighted by Crippen LogP contribution is -2.13. The van der Waals surface area contributed by atoms with E-state index in [9.17, 15) is 0 Å². The van der Waals surface area contributed by atoms with E-state index in [0.717, 1.165) is 25.3 Å². The summed E-state index contributed by atoms with van der Waals surface area (Å²) in [5, 5.41) is 0. The fourth-order valence-electron chi connectivity index (χ4n) is 3.21. The minimum atomic E-state index is 0.691. The molecular weight excluding hydrogens is 222 g/mol. The van der Waals surface area contributed by atoms with Gasteiger partial charge in [-0.15, -0.1) is 12.8 Å². The molecule has 1 heterocycles. The second kappa shape index (κ2) is 5.93. The van der Waals surface area contributed by atoms with E-state index in [1.165, 1.54) is 31.2 Å². The van der Waals surface area contributed by atoms with Crippen LogP contribution >= 0.6 is 0 Å². The fraction of sp³-hybridized carbons (Fsp3) is 0.500. The Bertz CT molecular complexity index is 434. The van der Waals surface area contributed by atoms with Gasteiger partial charge >= 0.3 is 0 Å². The Morgan fingerprint density at radius 3 is 2.89 bits per heavy atom. The summed E-state index contributed by atoms with van der Waals surface area (Å²) in [4.78, 5) is 0. The zero-order valence-corrected chi connectivity index (χ0v) is 10.8. The maximum Gasteiger partial charge on any atom is 0.122 e. The average Bonchev–Trinajstić information content (AvgIpc) is 2.85. The Kier molecular flexibility index (Phi) is 4.28. The lowest BCUT2D eigenvalue weighted by Gasteiger charge is -2.23. The van der Waals surface area contributed by atoms with Crippen LogP contribution in [0.3, 0.4) is 0 Å². The predicted octanol–water partition coefficient (Wildman–Crippen LogP) is 2.64. The molecule has 0 bridgehead atoms. The maximum atomic E-state index is 5.74. The molecule has 0 spiro atoms. The van der Waals surface area contributed by atoms with Crippen LogP contribution in [0.25, 0.3) is 0 Å². The van der Waals surface area contributed by atoms with Crippen molar-refractivity contribution >= 4 is 0 Å². The molecule has 18 heavy (non-hydrogen) atoms. The number of fused-ring (bicyclic) bond motifs is 3. The number of nitrogens with two attached hydrogens (primary N) is 1. The fourth-order valence-corrected chi connectivity index (χ4v) is 3.21. The van der Waals surface area contributed by atoms with E-state index in [1.54, 1.807) is 11.1 Å². The third kappa shape index (κ3) is 2.23. The van der Waals surface area contributed by atoms with Crippen LogP contribution in [0.1, 0.15) is 41.9 Å². The van der Waals surface area contributed by atoms with Gasteiger partial charge in [0, 0.05) is 0 Å². The molecule has 1 atom stereocenters. The second-order valence-corrected chi connectivity index (χ2v) is 4.88. The van der Waals surface area contributed by atoms with Gasteiger partial charge in [0.25, 0.3) is 0 Å². The van der Waals surface area contributed by atoms with E-state index in [4.69, 9.17) is 10.5 Å². The summed E-state index contributed by atoms with van der Waals surface area (Å²) in [5.41, 5.74) is 10.3. The molecule has 2 aliphatic rings. The van der Waals surface area contributed by atoms with Gasteiger partial charge in [-0.25, -0.2) is 0 Å². The molecule has 2 heteroatoms. The van der Waals surface area contributed by atoms with Gasteiger partial charge in [0.15, 0.2) is 0 Å². The van der Waals surface area contributed by atoms with Crippen molar-refractivity contribution in [2.45, 2.75) is 38.0 Å². The van der Waals surface area contributed by atoms with Crippen LogP contribution in [-0.4, -0.2) is 13.2 Å². The number of benzene rings is 1. The second-order valence-electron chi connectivity index (χ2n) is 4.88. The molecule has 0 fully saturated rings. The first-order chi connectivity index (χ1) is 8.90. The highest BCUT2D eigenvalue weighted by molar-refractivity contribution is 5.50. The quantitative estimate of drug-likeness (QED) is 0.810. The van der Waals surface area contributed by atoms with Gasteiger partial charge in [-0.3, -0.25) is 0 Å². The zero-order chi connectivity index (χ0) is 13.0. The third-order valence-corrected chi connectivity index (χ3v) is 3.92. The molecule has 1 aromatic carbocycles. The lowest BCUT2D eigenvalue weighted by atomic mass is 9.90. The van der Waals surface area contributed by atoms with Crippen LogP contribution in [0.15, 0.2) is 12.1 Å². The van der Waals surface area contributed by atoms with Gasteiger partial charge in [0.1, 0.15) is 5.75 Å². The third-order valence-electron chi connectivity index (χ3n) is 3.92. The Hall–Kier alpha value is -1.46. The van der Waals surface area contributed by atoms with Crippen molar-refractivity contribution in [3.63, 3.8) is 0 Å². The maximum absolute atomic E-state index is 5.74. The highest BCUT2D eigenvalue weighted by atomic mass is 16.5. The minimum absolute atomic E-state index is 0.691. The summed E-state index contributed by atoms with van der Waals surface area (Å²) in [7, 11) is 0. The van der Waals surface area contributed by atoms with Crippen LogP contribution in [0.5, 0.6) is 5.75 Å². The average molecular weight is 243 g/mol. The smallest absolute Gasteiger partial charge is 0.122 e. The predicted molar refractivity (Wildman–Crippen MR) is 74.9 cm³/mol. The van der Waals surface area contributed by atoms with Gasteiger partial charge in [-0.2, -0.15) is 0 Å². The highest BCUT2D eigenvalue weighted by Gasteiger charge is 2.27. The van der Waals surface area contributed by atoms with Crippen LogP contribution in [-0.2, 0) is 12.8 Å². The first kappa shape index (κ1) is 13.0. The zero-order valence-electron chi connectivity index (χ0n) is 10.8. The van der Waals surface area contributed by atoms with Crippen molar-refractivity contribution < 1.29 is 4.74 Å². The molecule has 0 aromatic heterocycles. The van der Waals surface area contributed by atoms with Crippen molar-refractivity contribution in [1.82, 2.24) is 0 Å². The number of rotatable bonds is 2. The summed E-state index contributed by atoms with van der Waals surface area (Å²) in [6.07, 6.45) is 14.0. The molecule has 0 unspecified atom stereocenters. The summed E-state index contributed by atoms with van der Waals surface area (Å²) >= 11 is 0. The van der Waals surface area contributed by atoms with Gasteiger partial charge in [-0.1, -0.05) is 6.07 Å². The minimum Gasteiger partial charge on any atom is -0.493 e. The topological polar surface area (TPSA) is 35.2 Å². The van der Waals surface area contributed by atoms with Crippen molar-refractivity contribution in [3.05, 3.63) is 28.8 Å². The number of aryl methyl sites for hydroxylation is 1. The van der Waals surface area contributed by atoms with Crippen molar-refractivity contribution in [1.29, 1.82) is 0 Å². The number of hydrogen-bond donors (Lipinski definition) is 1. The van der Waals surface area contributed by atoms with Crippen LogP contribution in [0, 0.1) is 12.8 Å². The molecule has 0 radical (unpaired) electrons. The summed E-state index contributed by atoms with van der Waals surface area (Å²) in [6.45, 7) is 1.68. The Balaban J connectivity index is 0.000000574. The molecular formula is C16H21NO. The van der Waals surface area contributed by atoms with E-state index in [-0.39, 0.29) is 0 Å². The first-order valence-electron chi connectivity index (χ1n) is 6.71. The molecule has 1 aliphatic heterocycles. The van der Waals surface area contributed by atoms with Crippen LogP contribution in [0.2, 0.25) is 0 Å². The van der Waals surface area contributed by atoms with Gasteiger partial charge in [0.2, 0.25) is 0 Å². The van der Waals surface area contributed by atoms with E-state index in [2.05, 4.69) is 25.0 Å². The van der Waals surface area contributed by atoms with Crippen LogP contribution in [0.4, 0.5) is 0 Å². The van der Waals surface area contributed by atoms with Crippen molar-refractivity contribution in [2.75, 3.05) is 13.2 Å². The molecule has 3 rings (SSSR count). The Morgan fingerprint density at radius 2 is 2.11 bits per heavy atom. The molecule has 0 saturated heterocycles. The largest absolute Gasteiger partial charge is 0.493 e. The highest BCUT2D eigenvalue weighted by Crippen LogP contribution is 2.42. The molecule has 2 nitrogen and oxygen atoms in total. The monoisotopic (exact) mass is 243 g/mol. The molecule has 0 amide bonds. The molecule has 1 aromatic rings. The molecule has 2 N–H and O–H groups in total. The molecule has 1 aliphatic carbocycles. The lowest BCUT2D eigenvalue weighted by molar-refractivity contribution is 0.287. The molecule has 96 valence electrons. The molecule has 0 saturated carbocycles. The van der Waals surface area contributed by atoms with E-state index in [1.807, 2.05) is 0 Å².